The van der Waals surface area contributed by atoms with Crippen LogP contribution in [-0.2, 0) is 25.7 Å². The van der Waals surface area contributed by atoms with E-state index in [9.17, 15) is 22.8 Å². The number of alkyl halides is 3. The Morgan fingerprint density at radius 1 is 1.32 bits per heavy atom. The quantitative estimate of drug-likeness (QED) is 0.717. The van der Waals surface area contributed by atoms with Crippen LogP contribution in [0.15, 0.2) is 5.38 Å². The van der Waals surface area contributed by atoms with Crippen molar-refractivity contribution in [2.75, 3.05) is 33.4 Å². The third kappa shape index (κ3) is 6.63. The van der Waals surface area contributed by atoms with Crippen molar-refractivity contribution in [2.24, 2.45) is 5.41 Å². The minimum absolute atomic E-state index is 0.0947. The Balaban J connectivity index is 0.000000423. The van der Waals surface area contributed by atoms with Crippen molar-refractivity contribution in [3.05, 3.63) is 16.1 Å². The molecule has 8 nitrogen and oxygen atoms in total. The van der Waals surface area contributed by atoms with E-state index in [0.29, 0.717) is 26.1 Å². The van der Waals surface area contributed by atoms with E-state index in [1.165, 1.54) is 0 Å². The number of ether oxygens (including phenoxy) is 1. The summed E-state index contributed by atoms with van der Waals surface area (Å²) in [6.45, 7) is 5.07. The molecule has 1 N–H and O–H groups in total. The predicted molar refractivity (Wildman–Crippen MR) is 105 cm³/mol. The number of piperidine rings is 1. The number of amides is 2. The molecule has 2 amide bonds. The van der Waals surface area contributed by atoms with E-state index in [2.05, 4.69) is 4.98 Å². The number of carboxylic acid groups (broad SMARTS) is 1. The van der Waals surface area contributed by atoms with Crippen LogP contribution in [0.2, 0.25) is 0 Å². The van der Waals surface area contributed by atoms with Crippen LogP contribution in [0.3, 0.4) is 0 Å². The third-order valence-corrected chi connectivity index (χ3v) is 6.14. The molecule has 0 aliphatic carbocycles. The summed E-state index contributed by atoms with van der Waals surface area (Å²) in [6.07, 6.45) is -2.08. The number of hydrogen-bond donors (Lipinski definition) is 1. The Hall–Kier alpha value is -2.21. The lowest BCUT2D eigenvalue weighted by atomic mass is 9.78. The molecule has 2 saturated heterocycles. The van der Waals surface area contributed by atoms with Crippen LogP contribution < -0.4 is 0 Å². The van der Waals surface area contributed by atoms with Gasteiger partial charge in [-0.15, -0.1) is 11.3 Å². The highest BCUT2D eigenvalue weighted by Crippen LogP contribution is 2.40. The van der Waals surface area contributed by atoms with E-state index in [-0.39, 0.29) is 17.2 Å². The van der Waals surface area contributed by atoms with Crippen molar-refractivity contribution >= 4 is 29.1 Å². The van der Waals surface area contributed by atoms with E-state index >= 15 is 0 Å². The summed E-state index contributed by atoms with van der Waals surface area (Å²) in [6, 6.07) is 0. The average Bonchev–Trinajstić information content (AvgIpc) is 3.24. The number of aryl methyl sites for hydroxylation is 1. The maximum absolute atomic E-state index is 13.0. The normalized spacial score (nSPS) is 21.3. The van der Waals surface area contributed by atoms with Gasteiger partial charge in [0.2, 0.25) is 11.8 Å². The zero-order chi connectivity index (χ0) is 23.2. The first kappa shape index (κ1) is 25.1. The van der Waals surface area contributed by atoms with Crippen molar-refractivity contribution < 1.29 is 37.4 Å². The molecule has 0 aromatic carbocycles. The molecule has 3 heterocycles. The van der Waals surface area contributed by atoms with Crippen molar-refractivity contribution in [2.45, 2.75) is 45.3 Å². The van der Waals surface area contributed by atoms with Crippen LogP contribution >= 0.6 is 11.3 Å². The number of halogens is 3. The standard InChI is InChI=1S/C17H25N3O3S.C2HF3O2/c1-13-18-14(11-24-13)10-19-8-6-17(16(19)22)5-3-7-20(12-17)15(21)4-9-23-2;3-2(4,5)1(6)7/h11H,3-10,12H2,1-2H3;(H,6,7). The van der Waals surface area contributed by atoms with E-state index in [4.69, 9.17) is 14.6 Å². The van der Waals surface area contributed by atoms with Gasteiger partial charge in [-0.3, -0.25) is 9.59 Å². The van der Waals surface area contributed by atoms with E-state index in [1.807, 2.05) is 22.1 Å². The van der Waals surface area contributed by atoms with Gasteiger partial charge in [0.25, 0.3) is 0 Å². The number of nitrogens with zero attached hydrogens (tertiary/aromatic N) is 3. The Morgan fingerprint density at radius 2 is 2.00 bits per heavy atom. The van der Waals surface area contributed by atoms with Crippen molar-refractivity contribution in [3.63, 3.8) is 0 Å². The zero-order valence-electron chi connectivity index (χ0n) is 17.4. The average molecular weight is 465 g/mol. The number of thiazole rings is 1. The highest BCUT2D eigenvalue weighted by molar-refractivity contribution is 7.09. The Morgan fingerprint density at radius 3 is 2.55 bits per heavy atom. The molecule has 2 fully saturated rings. The minimum Gasteiger partial charge on any atom is -0.475 e. The van der Waals surface area contributed by atoms with Crippen LogP contribution in [0.25, 0.3) is 0 Å². The molecule has 3 rings (SSSR count). The summed E-state index contributed by atoms with van der Waals surface area (Å²) >= 11 is 1.61. The number of methoxy groups -OCH3 is 1. The highest BCUT2D eigenvalue weighted by Gasteiger charge is 2.49. The molecule has 0 saturated carbocycles. The Labute approximate surface area is 182 Å². The van der Waals surface area contributed by atoms with Crippen molar-refractivity contribution in [1.82, 2.24) is 14.8 Å². The number of likely N-dealkylation sites (tertiary alicyclic amines) is 2. The van der Waals surface area contributed by atoms with Gasteiger partial charge in [-0.05, 0) is 26.2 Å². The fourth-order valence-electron chi connectivity index (χ4n) is 3.79. The second-order valence-electron chi connectivity index (χ2n) is 7.58. The summed E-state index contributed by atoms with van der Waals surface area (Å²) in [5, 5.41) is 10.2. The SMILES string of the molecule is COCCC(=O)N1CCCC2(CCN(Cc3csc(C)n3)C2=O)C1.O=C(O)C(F)(F)F. The lowest BCUT2D eigenvalue weighted by Gasteiger charge is -2.39. The Bertz CT molecular complexity index is 801. The number of aliphatic carboxylic acids is 1. The van der Waals surface area contributed by atoms with Crippen LogP contribution in [0, 0.1) is 12.3 Å². The smallest absolute Gasteiger partial charge is 0.475 e. The molecule has 31 heavy (non-hydrogen) atoms. The largest absolute Gasteiger partial charge is 0.490 e. The second kappa shape index (κ2) is 10.4. The van der Waals surface area contributed by atoms with Crippen LogP contribution in [-0.4, -0.2) is 77.2 Å². The maximum Gasteiger partial charge on any atom is 0.490 e. The first-order valence-electron chi connectivity index (χ1n) is 9.76. The molecule has 0 radical (unpaired) electrons. The second-order valence-corrected chi connectivity index (χ2v) is 8.64. The number of hydrogen-bond acceptors (Lipinski definition) is 6. The highest BCUT2D eigenvalue weighted by atomic mass is 32.1. The molecule has 2 aliphatic heterocycles. The van der Waals surface area contributed by atoms with Crippen molar-refractivity contribution in [1.29, 1.82) is 0 Å². The van der Waals surface area contributed by atoms with Gasteiger partial charge in [0.15, 0.2) is 0 Å². The molecular weight excluding hydrogens is 439 g/mol. The molecule has 174 valence electrons. The lowest BCUT2D eigenvalue weighted by Crippen LogP contribution is -2.49. The van der Waals surface area contributed by atoms with Crippen LogP contribution in [0.5, 0.6) is 0 Å². The number of carboxylic acids is 1. The van der Waals surface area contributed by atoms with Gasteiger partial charge in [-0.25, -0.2) is 9.78 Å². The number of carbonyl (C=O) groups is 3. The van der Waals surface area contributed by atoms with Gasteiger partial charge in [-0.2, -0.15) is 13.2 Å². The van der Waals surface area contributed by atoms with Crippen LogP contribution in [0.1, 0.15) is 36.4 Å². The topological polar surface area (TPSA) is 100 Å². The fraction of sp³-hybridized carbons (Fsp3) is 0.684. The molecule has 1 unspecified atom stereocenters. The lowest BCUT2D eigenvalue weighted by molar-refractivity contribution is -0.192. The molecule has 1 spiro atoms. The Kier molecular flexibility index (Phi) is 8.41. The summed E-state index contributed by atoms with van der Waals surface area (Å²) in [5.74, 6) is -2.47. The number of aromatic nitrogens is 1. The van der Waals surface area contributed by atoms with E-state index < -0.39 is 12.1 Å². The zero-order valence-corrected chi connectivity index (χ0v) is 18.2. The first-order valence-corrected chi connectivity index (χ1v) is 10.6. The molecule has 12 heteroatoms. The van der Waals surface area contributed by atoms with Gasteiger partial charge >= 0.3 is 12.1 Å². The molecular formula is C19H26F3N3O5S. The summed E-state index contributed by atoms with van der Waals surface area (Å²) in [4.78, 5) is 42.4. The summed E-state index contributed by atoms with van der Waals surface area (Å²) in [7, 11) is 1.60. The summed E-state index contributed by atoms with van der Waals surface area (Å²) < 4.78 is 36.7. The molecule has 1 aromatic rings. The molecule has 2 aliphatic rings. The number of rotatable bonds is 5. The van der Waals surface area contributed by atoms with Gasteiger partial charge in [0, 0.05) is 32.1 Å². The molecule has 0 bridgehead atoms. The van der Waals surface area contributed by atoms with Crippen molar-refractivity contribution in [3.8, 4) is 0 Å². The maximum atomic E-state index is 13.0. The number of carbonyl (C=O) groups excluding carboxylic acids is 2. The van der Waals surface area contributed by atoms with Gasteiger partial charge < -0.3 is 19.6 Å². The fourth-order valence-corrected chi connectivity index (χ4v) is 4.39. The van der Waals surface area contributed by atoms with Gasteiger partial charge in [0.05, 0.1) is 35.7 Å². The minimum atomic E-state index is -5.08. The third-order valence-electron chi connectivity index (χ3n) is 5.31. The van der Waals surface area contributed by atoms with Crippen LogP contribution in [0.4, 0.5) is 13.2 Å². The molecule has 1 aromatic heterocycles. The van der Waals surface area contributed by atoms with E-state index in [0.717, 1.165) is 43.1 Å². The summed E-state index contributed by atoms with van der Waals surface area (Å²) in [5.41, 5.74) is 0.582. The first-order chi connectivity index (χ1) is 14.5. The van der Waals surface area contributed by atoms with E-state index in [1.54, 1.807) is 18.4 Å². The monoisotopic (exact) mass is 465 g/mol. The molecule has 1 atom stereocenters. The predicted octanol–water partition coefficient (Wildman–Crippen LogP) is 2.46. The van der Waals surface area contributed by atoms with Gasteiger partial charge in [0.1, 0.15) is 0 Å². The van der Waals surface area contributed by atoms with Gasteiger partial charge in [-0.1, -0.05) is 0 Å².